The van der Waals surface area contributed by atoms with Crippen molar-refractivity contribution in [2.24, 2.45) is 0 Å². The summed E-state index contributed by atoms with van der Waals surface area (Å²) in [4.78, 5) is 0. The summed E-state index contributed by atoms with van der Waals surface area (Å²) in [6, 6.07) is 6.71. The van der Waals surface area contributed by atoms with Crippen LogP contribution in [0.2, 0.25) is 0 Å². The van der Waals surface area contributed by atoms with Crippen molar-refractivity contribution < 1.29 is 13.7 Å². The van der Waals surface area contributed by atoms with Crippen LogP contribution in [0.25, 0.3) is 0 Å². The van der Waals surface area contributed by atoms with Crippen LogP contribution in [0.1, 0.15) is 38.8 Å². The summed E-state index contributed by atoms with van der Waals surface area (Å²) in [5, 5.41) is 4.56. The van der Waals surface area contributed by atoms with E-state index in [0.717, 1.165) is 16.7 Å². The van der Waals surface area contributed by atoms with E-state index in [1.165, 1.54) is 12.1 Å². The van der Waals surface area contributed by atoms with E-state index in [9.17, 15) is 4.39 Å². The molecule has 2 heterocycles. The smallest absolute Gasteiger partial charge is 0.398 e. The van der Waals surface area contributed by atoms with Crippen LogP contribution in [-0.2, 0) is 15.9 Å². The van der Waals surface area contributed by atoms with Gasteiger partial charge in [-0.05, 0) is 63.9 Å². The molecule has 3 rings (SSSR count). The predicted octanol–water partition coefficient (Wildman–Crippen LogP) is 2.68. The summed E-state index contributed by atoms with van der Waals surface area (Å²) >= 11 is 0. The Labute approximate surface area is 136 Å². The van der Waals surface area contributed by atoms with Gasteiger partial charge in [0.25, 0.3) is 0 Å². The van der Waals surface area contributed by atoms with Crippen molar-refractivity contribution in [1.29, 1.82) is 0 Å². The van der Waals surface area contributed by atoms with Crippen molar-refractivity contribution in [3.05, 3.63) is 47.4 Å². The molecule has 6 heteroatoms. The number of aromatic nitrogens is 2. The highest BCUT2D eigenvalue weighted by Gasteiger charge is 2.52. The summed E-state index contributed by atoms with van der Waals surface area (Å²) < 4.78 is 27.0. The Hall–Kier alpha value is -1.66. The Morgan fingerprint density at radius 1 is 1.13 bits per heavy atom. The summed E-state index contributed by atoms with van der Waals surface area (Å²) in [7, 11) is -0.462. The first-order chi connectivity index (χ1) is 10.7. The third-order valence-electron chi connectivity index (χ3n) is 4.79. The maximum absolute atomic E-state index is 13.2. The van der Waals surface area contributed by atoms with Crippen molar-refractivity contribution in [2.75, 3.05) is 0 Å². The number of halogens is 1. The third-order valence-corrected chi connectivity index (χ3v) is 4.79. The first-order valence-electron chi connectivity index (χ1n) is 7.82. The maximum Gasteiger partial charge on any atom is 0.516 e. The van der Waals surface area contributed by atoms with Crippen molar-refractivity contribution >= 4 is 12.7 Å². The van der Waals surface area contributed by atoms with Crippen LogP contribution in [0.15, 0.2) is 30.5 Å². The zero-order valence-electron chi connectivity index (χ0n) is 14.3. The van der Waals surface area contributed by atoms with Gasteiger partial charge in [0, 0.05) is 6.20 Å². The first-order valence-corrected chi connectivity index (χ1v) is 7.82. The quantitative estimate of drug-likeness (QED) is 0.817. The van der Waals surface area contributed by atoms with Crippen LogP contribution < -0.4 is 5.59 Å². The van der Waals surface area contributed by atoms with E-state index in [2.05, 4.69) is 5.10 Å². The Balaban J connectivity index is 1.77. The summed E-state index contributed by atoms with van der Waals surface area (Å²) in [5.41, 5.74) is 1.94. The van der Waals surface area contributed by atoms with Gasteiger partial charge in [0.2, 0.25) is 0 Å². The molecule has 23 heavy (non-hydrogen) atoms. The number of rotatable bonds is 3. The van der Waals surface area contributed by atoms with Crippen LogP contribution in [0.4, 0.5) is 4.39 Å². The highest BCUT2D eigenvalue weighted by atomic mass is 19.1. The van der Waals surface area contributed by atoms with Gasteiger partial charge in [-0.1, -0.05) is 6.07 Å². The minimum Gasteiger partial charge on any atom is -0.398 e. The summed E-state index contributed by atoms with van der Waals surface area (Å²) in [6.07, 6.45) is 1.89. The molecule has 1 aliphatic rings. The number of nitrogens with zero attached hydrogens (tertiary/aromatic N) is 2. The molecule has 0 spiro atoms. The molecule has 0 radical (unpaired) electrons. The number of hydrogen-bond acceptors (Lipinski definition) is 3. The Morgan fingerprint density at radius 2 is 1.78 bits per heavy atom. The van der Waals surface area contributed by atoms with E-state index in [1.54, 1.807) is 6.07 Å². The fraction of sp³-hybridized carbons (Fsp3) is 0.471. The molecular formula is C17H22BFN2O2. The first kappa shape index (κ1) is 16.2. The average molecular weight is 316 g/mol. The highest BCUT2D eigenvalue weighted by Crippen LogP contribution is 2.36. The highest BCUT2D eigenvalue weighted by molar-refractivity contribution is 6.61. The normalized spacial score (nSPS) is 19.3. The molecule has 4 nitrogen and oxygen atoms in total. The van der Waals surface area contributed by atoms with E-state index in [4.69, 9.17) is 9.31 Å². The third kappa shape index (κ3) is 3.05. The van der Waals surface area contributed by atoms with Crippen LogP contribution >= 0.6 is 0 Å². The molecule has 1 aromatic carbocycles. The molecule has 1 aromatic heterocycles. The molecule has 0 unspecified atom stereocenters. The Morgan fingerprint density at radius 3 is 2.39 bits per heavy atom. The van der Waals surface area contributed by atoms with E-state index in [1.807, 2.05) is 51.6 Å². The molecule has 1 aliphatic heterocycles. The van der Waals surface area contributed by atoms with Gasteiger partial charge < -0.3 is 9.31 Å². The summed E-state index contributed by atoms with van der Waals surface area (Å²) in [5.74, 6) is -0.218. The molecule has 0 amide bonds. The van der Waals surface area contributed by atoms with E-state index >= 15 is 0 Å². The van der Waals surface area contributed by atoms with Gasteiger partial charge in [0.05, 0.1) is 23.3 Å². The molecule has 0 atom stereocenters. The second kappa shape index (κ2) is 5.46. The SMILES string of the molecule is Cc1cc(F)ccc1Cn1ccc(B2OC(C)(C)C(C)(C)O2)n1. The number of aryl methyl sites for hydroxylation is 1. The zero-order valence-corrected chi connectivity index (χ0v) is 14.3. The lowest BCUT2D eigenvalue weighted by atomic mass is 9.85. The van der Waals surface area contributed by atoms with E-state index in [0.29, 0.717) is 6.54 Å². The molecule has 1 fully saturated rings. The second-order valence-corrected chi connectivity index (χ2v) is 7.10. The van der Waals surface area contributed by atoms with Gasteiger partial charge in [-0.15, -0.1) is 0 Å². The summed E-state index contributed by atoms with van der Waals surface area (Å²) in [6.45, 7) is 10.6. The van der Waals surface area contributed by atoms with Crippen molar-refractivity contribution in [3.63, 3.8) is 0 Å². The van der Waals surface area contributed by atoms with Crippen LogP contribution in [-0.4, -0.2) is 28.1 Å². The lowest BCUT2D eigenvalue weighted by molar-refractivity contribution is 0.00578. The van der Waals surface area contributed by atoms with Crippen molar-refractivity contribution in [3.8, 4) is 0 Å². The Bertz CT molecular complexity index is 711. The zero-order chi connectivity index (χ0) is 16.8. The molecule has 0 saturated carbocycles. The fourth-order valence-electron chi connectivity index (χ4n) is 2.57. The van der Waals surface area contributed by atoms with Gasteiger partial charge in [-0.3, -0.25) is 4.68 Å². The van der Waals surface area contributed by atoms with Crippen molar-refractivity contribution in [2.45, 2.75) is 52.4 Å². The second-order valence-electron chi connectivity index (χ2n) is 7.10. The lowest BCUT2D eigenvalue weighted by Crippen LogP contribution is -2.41. The molecule has 1 saturated heterocycles. The van der Waals surface area contributed by atoms with E-state index in [-0.39, 0.29) is 17.0 Å². The largest absolute Gasteiger partial charge is 0.516 e. The maximum atomic E-state index is 13.2. The minimum atomic E-state index is -0.462. The monoisotopic (exact) mass is 316 g/mol. The van der Waals surface area contributed by atoms with Gasteiger partial charge in [-0.2, -0.15) is 5.10 Å². The molecule has 0 N–H and O–H groups in total. The molecule has 0 aliphatic carbocycles. The van der Waals surface area contributed by atoms with Crippen LogP contribution in [0.3, 0.4) is 0 Å². The van der Waals surface area contributed by atoms with Crippen LogP contribution in [0.5, 0.6) is 0 Å². The molecule has 122 valence electrons. The average Bonchev–Trinajstić information content (AvgIpc) is 2.96. The molecular weight excluding hydrogens is 294 g/mol. The standard InChI is InChI=1S/C17H22BFN2O2/c1-12-10-14(19)7-6-13(12)11-21-9-8-15(20-21)18-22-16(2,3)17(4,5)23-18/h6-10H,11H2,1-5H3. The molecule has 0 bridgehead atoms. The predicted molar refractivity (Wildman–Crippen MR) is 88.2 cm³/mol. The lowest BCUT2D eigenvalue weighted by Gasteiger charge is -2.32. The Kier molecular flexibility index (Phi) is 3.85. The fourth-order valence-corrected chi connectivity index (χ4v) is 2.57. The minimum absolute atomic E-state index is 0.218. The van der Waals surface area contributed by atoms with Gasteiger partial charge >= 0.3 is 7.12 Å². The van der Waals surface area contributed by atoms with Gasteiger partial charge in [-0.25, -0.2) is 4.39 Å². The number of hydrogen-bond donors (Lipinski definition) is 0. The number of benzene rings is 1. The van der Waals surface area contributed by atoms with Crippen LogP contribution in [0, 0.1) is 12.7 Å². The molecule has 2 aromatic rings. The van der Waals surface area contributed by atoms with Gasteiger partial charge in [0.15, 0.2) is 0 Å². The van der Waals surface area contributed by atoms with Crippen molar-refractivity contribution in [1.82, 2.24) is 9.78 Å². The topological polar surface area (TPSA) is 36.3 Å². The van der Waals surface area contributed by atoms with Gasteiger partial charge in [0.1, 0.15) is 5.82 Å². The van der Waals surface area contributed by atoms with E-state index < -0.39 is 7.12 Å².